The lowest BCUT2D eigenvalue weighted by atomic mass is 10.2. The average molecular weight is 486 g/mol. The van der Waals surface area contributed by atoms with Crippen molar-refractivity contribution in [2.45, 2.75) is 25.5 Å². The van der Waals surface area contributed by atoms with E-state index in [0.717, 1.165) is 5.56 Å². The van der Waals surface area contributed by atoms with Gasteiger partial charge in [-0.15, -0.1) is 21.5 Å². The topological polar surface area (TPSA) is 72.7 Å². The summed E-state index contributed by atoms with van der Waals surface area (Å²) in [5.74, 6) is -0.119. The summed E-state index contributed by atoms with van der Waals surface area (Å²) in [4.78, 5) is 16.9. The third kappa shape index (κ3) is 5.63. The molecule has 10 heteroatoms. The molecule has 0 atom stereocenters. The predicted octanol–water partition coefficient (Wildman–Crippen LogP) is 5.73. The second-order valence-corrected chi connectivity index (χ2v) is 9.47. The SMILES string of the molecule is CC(C)Cn1c(SCC(=O)Nc2nc(-c3ccc(F)cc3)cs2)nnc1-c1ccccc1F. The Morgan fingerprint density at radius 1 is 1.12 bits per heavy atom. The predicted molar refractivity (Wildman–Crippen MR) is 127 cm³/mol. The van der Waals surface area contributed by atoms with Crippen LogP contribution in [-0.2, 0) is 11.3 Å². The monoisotopic (exact) mass is 485 g/mol. The molecule has 33 heavy (non-hydrogen) atoms. The Morgan fingerprint density at radius 3 is 2.61 bits per heavy atom. The van der Waals surface area contributed by atoms with E-state index in [0.29, 0.717) is 33.9 Å². The minimum absolute atomic E-state index is 0.0962. The lowest BCUT2D eigenvalue weighted by Gasteiger charge is -2.12. The first-order valence-electron chi connectivity index (χ1n) is 10.2. The van der Waals surface area contributed by atoms with E-state index in [1.54, 1.807) is 35.7 Å². The largest absolute Gasteiger partial charge is 0.302 e. The Hall–Kier alpha value is -3.11. The Morgan fingerprint density at radius 2 is 1.88 bits per heavy atom. The van der Waals surface area contributed by atoms with Crippen LogP contribution in [-0.4, -0.2) is 31.4 Å². The van der Waals surface area contributed by atoms with Crippen molar-refractivity contribution in [3.05, 3.63) is 65.5 Å². The second kappa shape index (κ2) is 10.2. The van der Waals surface area contributed by atoms with Crippen molar-refractivity contribution < 1.29 is 13.6 Å². The smallest absolute Gasteiger partial charge is 0.236 e. The molecule has 0 radical (unpaired) electrons. The molecule has 0 fully saturated rings. The van der Waals surface area contributed by atoms with Crippen molar-refractivity contribution in [1.29, 1.82) is 0 Å². The van der Waals surface area contributed by atoms with E-state index in [9.17, 15) is 13.6 Å². The summed E-state index contributed by atoms with van der Waals surface area (Å²) >= 11 is 2.52. The van der Waals surface area contributed by atoms with Gasteiger partial charge < -0.3 is 9.88 Å². The van der Waals surface area contributed by atoms with Gasteiger partial charge in [-0.05, 0) is 42.3 Å². The number of nitrogens with one attached hydrogen (secondary N) is 1. The van der Waals surface area contributed by atoms with Crippen molar-refractivity contribution >= 4 is 34.1 Å². The summed E-state index contributed by atoms with van der Waals surface area (Å²) in [6.45, 7) is 4.69. The number of benzene rings is 2. The van der Waals surface area contributed by atoms with Gasteiger partial charge in [0.25, 0.3) is 0 Å². The summed E-state index contributed by atoms with van der Waals surface area (Å²) in [5.41, 5.74) is 1.80. The van der Waals surface area contributed by atoms with Crippen molar-refractivity contribution in [2.75, 3.05) is 11.1 Å². The minimum Gasteiger partial charge on any atom is -0.302 e. The maximum absolute atomic E-state index is 14.3. The lowest BCUT2D eigenvalue weighted by Crippen LogP contribution is -2.15. The molecule has 2 aromatic heterocycles. The van der Waals surface area contributed by atoms with Gasteiger partial charge >= 0.3 is 0 Å². The van der Waals surface area contributed by atoms with Gasteiger partial charge in [-0.3, -0.25) is 4.79 Å². The van der Waals surface area contributed by atoms with Crippen LogP contribution in [0.25, 0.3) is 22.6 Å². The molecular weight excluding hydrogens is 464 g/mol. The molecule has 0 spiro atoms. The van der Waals surface area contributed by atoms with Gasteiger partial charge in [0, 0.05) is 17.5 Å². The van der Waals surface area contributed by atoms with Crippen LogP contribution in [0, 0.1) is 17.6 Å². The van der Waals surface area contributed by atoms with Gasteiger partial charge in [-0.2, -0.15) is 0 Å². The Labute approximate surface area is 198 Å². The summed E-state index contributed by atoms with van der Waals surface area (Å²) in [7, 11) is 0. The molecule has 2 aromatic carbocycles. The number of thiazole rings is 1. The highest BCUT2D eigenvalue weighted by atomic mass is 32.2. The quantitative estimate of drug-likeness (QED) is 0.323. The van der Waals surface area contributed by atoms with Crippen molar-refractivity contribution in [1.82, 2.24) is 19.7 Å². The number of rotatable bonds is 8. The number of thioether (sulfide) groups is 1. The molecule has 6 nitrogen and oxygen atoms in total. The Bertz CT molecular complexity index is 1250. The highest BCUT2D eigenvalue weighted by molar-refractivity contribution is 7.99. The van der Waals surface area contributed by atoms with Crippen LogP contribution in [0.2, 0.25) is 0 Å². The Kier molecular flexibility index (Phi) is 7.14. The van der Waals surface area contributed by atoms with Gasteiger partial charge in [0.1, 0.15) is 11.6 Å². The fourth-order valence-corrected chi connectivity index (χ4v) is 4.62. The fourth-order valence-electron chi connectivity index (χ4n) is 3.14. The van der Waals surface area contributed by atoms with E-state index in [4.69, 9.17) is 0 Å². The number of hydrogen-bond acceptors (Lipinski definition) is 6. The molecule has 2 heterocycles. The highest BCUT2D eigenvalue weighted by Crippen LogP contribution is 2.28. The zero-order valence-electron chi connectivity index (χ0n) is 18.0. The van der Waals surface area contributed by atoms with Crippen molar-refractivity contribution in [3.63, 3.8) is 0 Å². The highest BCUT2D eigenvalue weighted by Gasteiger charge is 2.19. The van der Waals surface area contributed by atoms with Crippen LogP contribution in [0.4, 0.5) is 13.9 Å². The molecule has 0 aliphatic heterocycles. The minimum atomic E-state index is -0.370. The van der Waals surface area contributed by atoms with Gasteiger partial charge in [-0.1, -0.05) is 37.7 Å². The molecule has 0 bridgehead atoms. The normalized spacial score (nSPS) is 11.2. The number of aromatic nitrogens is 4. The number of amides is 1. The van der Waals surface area contributed by atoms with Crippen LogP contribution in [0.3, 0.4) is 0 Å². The molecule has 170 valence electrons. The van der Waals surface area contributed by atoms with Crippen LogP contribution in [0.5, 0.6) is 0 Å². The van der Waals surface area contributed by atoms with E-state index in [1.807, 2.05) is 18.4 Å². The summed E-state index contributed by atoms with van der Waals surface area (Å²) in [6.07, 6.45) is 0. The third-order valence-electron chi connectivity index (χ3n) is 4.60. The zero-order valence-corrected chi connectivity index (χ0v) is 19.6. The summed E-state index contributed by atoms with van der Waals surface area (Å²) in [6, 6.07) is 12.4. The van der Waals surface area contributed by atoms with Crippen LogP contribution in [0.1, 0.15) is 13.8 Å². The van der Waals surface area contributed by atoms with Crippen molar-refractivity contribution in [3.8, 4) is 22.6 Å². The zero-order chi connectivity index (χ0) is 23.4. The summed E-state index contributed by atoms with van der Waals surface area (Å²) < 4.78 is 29.3. The molecule has 0 unspecified atom stereocenters. The third-order valence-corrected chi connectivity index (χ3v) is 6.33. The molecule has 1 amide bonds. The first-order valence-corrected chi connectivity index (χ1v) is 12.1. The second-order valence-electron chi connectivity index (χ2n) is 7.67. The number of carbonyl (C=O) groups is 1. The maximum atomic E-state index is 14.3. The Balaban J connectivity index is 1.44. The van der Waals surface area contributed by atoms with E-state index in [1.165, 1.54) is 41.3 Å². The standard InChI is InChI=1S/C23H21F2N5OS2/c1-14(2)11-30-21(17-5-3-4-6-18(17)25)28-29-23(30)33-13-20(31)27-22-26-19(12-32-22)15-7-9-16(24)10-8-15/h3-10,12,14H,11,13H2,1-2H3,(H,26,27,31). The van der Waals surface area contributed by atoms with Crippen LogP contribution in [0.15, 0.2) is 59.1 Å². The van der Waals surface area contributed by atoms with Gasteiger partial charge in [0.05, 0.1) is 17.0 Å². The molecule has 1 N–H and O–H groups in total. The number of halogens is 2. The van der Waals surface area contributed by atoms with E-state index in [2.05, 4.69) is 20.5 Å². The van der Waals surface area contributed by atoms with E-state index in [-0.39, 0.29) is 29.2 Å². The van der Waals surface area contributed by atoms with Gasteiger partial charge in [-0.25, -0.2) is 13.8 Å². The number of anilines is 1. The van der Waals surface area contributed by atoms with Gasteiger partial charge in [0.2, 0.25) is 5.91 Å². The average Bonchev–Trinajstić information content (AvgIpc) is 3.40. The molecule has 0 saturated heterocycles. The molecular formula is C23H21F2N5OS2. The lowest BCUT2D eigenvalue weighted by molar-refractivity contribution is -0.113. The molecule has 4 aromatic rings. The number of nitrogens with zero attached hydrogens (tertiary/aromatic N) is 4. The molecule has 4 rings (SSSR count). The van der Waals surface area contributed by atoms with Gasteiger partial charge in [0.15, 0.2) is 16.1 Å². The first kappa shape index (κ1) is 23.1. The van der Waals surface area contributed by atoms with Crippen LogP contribution >= 0.6 is 23.1 Å². The van der Waals surface area contributed by atoms with Crippen LogP contribution < -0.4 is 5.32 Å². The maximum Gasteiger partial charge on any atom is 0.236 e. The first-order chi connectivity index (χ1) is 15.9. The van der Waals surface area contributed by atoms with Crippen molar-refractivity contribution in [2.24, 2.45) is 5.92 Å². The van der Waals surface area contributed by atoms with E-state index >= 15 is 0 Å². The number of carbonyl (C=O) groups excluding carboxylic acids is 1. The molecule has 0 saturated carbocycles. The van der Waals surface area contributed by atoms with E-state index < -0.39 is 0 Å². The summed E-state index contributed by atoms with van der Waals surface area (Å²) in [5, 5.41) is 14.0. The molecule has 0 aliphatic carbocycles. The number of hydrogen-bond donors (Lipinski definition) is 1. The molecule has 0 aliphatic rings. The fraction of sp³-hybridized carbons (Fsp3) is 0.217.